The van der Waals surface area contributed by atoms with Gasteiger partial charge in [0.05, 0.1) is 10.6 Å². The number of piperazine rings is 1. The van der Waals surface area contributed by atoms with Crippen molar-refractivity contribution in [3.63, 3.8) is 0 Å². The Kier molecular flexibility index (Phi) is 5.97. The second-order valence-corrected chi connectivity index (χ2v) is 7.28. The molecule has 1 aliphatic heterocycles. The van der Waals surface area contributed by atoms with Gasteiger partial charge in [-0.3, -0.25) is 4.79 Å². The molecule has 2 amide bonds. The molecule has 136 valence electrons. The van der Waals surface area contributed by atoms with Crippen molar-refractivity contribution in [2.24, 2.45) is 0 Å². The number of amides is 2. The number of hydrogen-bond acceptors (Lipinski definition) is 5. The van der Waals surface area contributed by atoms with E-state index in [1.165, 1.54) is 18.2 Å². The van der Waals surface area contributed by atoms with Crippen LogP contribution >= 0.6 is 11.6 Å². The van der Waals surface area contributed by atoms with Gasteiger partial charge in [0.25, 0.3) is 5.91 Å². The summed E-state index contributed by atoms with van der Waals surface area (Å²) in [7, 11) is -1.64. The predicted molar refractivity (Wildman–Crippen MR) is 95.0 cm³/mol. The number of hydrogen-bond donors (Lipinski definition) is 2. The number of ether oxygens (including phenoxy) is 1. The molecule has 0 unspecified atom stereocenters. The first-order chi connectivity index (χ1) is 11.6. The van der Waals surface area contributed by atoms with Crippen LogP contribution in [-0.4, -0.2) is 70.7 Å². The minimum absolute atomic E-state index is 0.158. The molecule has 1 aliphatic rings. The lowest BCUT2D eigenvalue weighted by Gasteiger charge is -2.35. The van der Waals surface area contributed by atoms with Gasteiger partial charge in [-0.1, -0.05) is 17.7 Å². The normalized spacial score (nSPS) is 15.1. The number of carbonyl (C=O) groups excluding carboxylic acids is 2. The maximum absolute atomic E-state index is 12.6. The highest BCUT2D eigenvalue weighted by atomic mass is 35.5. The highest BCUT2D eigenvalue weighted by Gasteiger charge is 2.29. The van der Waals surface area contributed by atoms with E-state index in [4.69, 9.17) is 26.4 Å². The number of carbonyl (C=O) groups is 2. The van der Waals surface area contributed by atoms with Crippen molar-refractivity contribution >= 4 is 36.2 Å². The van der Waals surface area contributed by atoms with Crippen LogP contribution in [0.2, 0.25) is 5.02 Å². The van der Waals surface area contributed by atoms with E-state index in [0.717, 1.165) is 0 Å². The first-order valence-electron chi connectivity index (χ1n) is 8.01. The highest BCUT2D eigenvalue weighted by Crippen LogP contribution is 2.18. The van der Waals surface area contributed by atoms with Crippen LogP contribution in [0.4, 0.5) is 4.79 Å². The van der Waals surface area contributed by atoms with Crippen LogP contribution in [0.15, 0.2) is 18.2 Å². The predicted octanol–water partition coefficient (Wildman–Crippen LogP) is 0.713. The summed E-state index contributed by atoms with van der Waals surface area (Å²) in [4.78, 5) is 27.8. The van der Waals surface area contributed by atoms with Crippen molar-refractivity contribution in [1.29, 1.82) is 0 Å². The summed E-state index contributed by atoms with van der Waals surface area (Å²) >= 11 is 6.09. The van der Waals surface area contributed by atoms with Crippen molar-refractivity contribution < 1.29 is 24.4 Å². The summed E-state index contributed by atoms with van der Waals surface area (Å²) in [5.74, 6) is -0.257. The zero-order valence-electron chi connectivity index (χ0n) is 14.5. The standard InChI is InChI=1S/C16H22BClN2O5/c1-16(2,3)25-15(22)20-8-6-19(7-9-20)14(21)12-5-4-11(17(23)24)10-13(12)18/h4-5,10,23-24H,6-9H2,1-3H3. The molecule has 1 aromatic carbocycles. The minimum atomic E-state index is -1.64. The zero-order valence-corrected chi connectivity index (χ0v) is 15.3. The molecule has 0 aromatic heterocycles. The molecule has 9 heteroatoms. The van der Waals surface area contributed by atoms with Gasteiger partial charge in [0.2, 0.25) is 0 Å². The quantitative estimate of drug-likeness (QED) is 0.751. The van der Waals surface area contributed by atoms with Gasteiger partial charge in [0, 0.05) is 26.2 Å². The molecule has 0 bridgehead atoms. The Morgan fingerprint density at radius 3 is 2.16 bits per heavy atom. The van der Waals surface area contributed by atoms with Crippen molar-refractivity contribution in [2.45, 2.75) is 26.4 Å². The maximum Gasteiger partial charge on any atom is 0.488 e. The Labute approximate surface area is 152 Å². The van der Waals surface area contributed by atoms with Gasteiger partial charge in [0.1, 0.15) is 5.60 Å². The maximum atomic E-state index is 12.6. The van der Waals surface area contributed by atoms with Crippen LogP contribution in [0.25, 0.3) is 0 Å². The molecule has 2 N–H and O–H groups in total. The van der Waals surface area contributed by atoms with E-state index in [0.29, 0.717) is 26.2 Å². The van der Waals surface area contributed by atoms with Crippen molar-refractivity contribution in [3.8, 4) is 0 Å². The first kappa shape index (κ1) is 19.6. The van der Waals surface area contributed by atoms with Gasteiger partial charge in [0.15, 0.2) is 0 Å². The summed E-state index contributed by atoms with van der Waals surface area (Å²) in [5.41, 5.74) is -0.0515. The van der Waals surface area contributed by atoms with E-state index in [2.05, 4.69) is 0 Å². The highest BCUT2D eigenvalue weighted by molar-refractivity contribution is 6.59. The van der Waals surface area contributed by atoms with Crippen LogP contribution < -0.4 is 5.46 Å². The number of benzene rings is 1. The molecule has 1 aromatic rings. The third-order valence-corrected chi connectivity index (χ3v) is 4.05. The fourth-order valence-corrected chi connectivity index (χ4v) is 2.72. The summed E-state index contributed by atoms with van der Waals surface area (Å²) < 4.78 is 5.33. The molecule has 7 nitrogen and oxygen atoms in total. The summed E-state index contributed by atoms with van der Waals surface area (Å²) in [5, 5.41) is 18.4. The van der Waals surface area contributed by atoms with Gasteiger partial charge in [-0.15, -0.1) is 0 Å². The Morgan fingerprint density at radius 1 is 1.12 bits per heavy atom. The molecular formula is C16H22BClN2O5. The van der Waals surface area contributed by atoms with Crippen LogP contribution in [-0.2, 0) is 4.74 Å². The van der Waals surface area contributed by atoms with Crippen molar-refractivity contribution in [1.82, 2.24) is 9.80 Å². The SMILES string of the molecule is CC(C)(C)OC(=O)N1CCN(C(=O)c2ccc(B(O)O)cc2Cl)CC1. The fourth-order valence-electron chi connectivity index (χ4n) is 2.45. The molecule has 0 atom stereocenters. The van der Waals surface area contributed by atoms with Crippen molar-refractivity contribution in [3.05, 3.63) is 28.8 Å². The molecule has 2 rings (SSSR count). The number of nitrogens with zero attached hydrogens (tertiary/aromatic N) is 2. The zero-order chi connectivity index (χ0) is 18.8. The molecule has 1 heterocycles. The summed E-state index contributed by atoms with van der Waals surface area (Å²) in [6.45, 7) is 6.92. The molecule has 0 spiro atoms. The van der Waals surface area contributed by atoms with Gasteiger partial charge in [-0.05, 0) is 38.4 Å². The Bertz CT molecular complexity index is 654. The Morgan fingerprint density at radius 2 is 1.68 bits per heavy atom. The summed E-state index contributed by atoms with van der Waals surface area (Å²) in [6.07, 6.45) is -0.390. The summed E-state index contributed by atoms with van der Waals surface area (Å²) in [6, 6.07) is 4.27. The van der Waals surface area contributed by atoms with Gasteiger partial charge >= 0.3 is 13.2 Å². The lowest BCUT2D eigenvalue weighted by Crippen LogP contribution is -2.51. The van der Waals surface area contributed by atoms with Gasteiger partial charge in [-0.25, -0.2) is 4.79 Å². The fraction of sp³-hybridized carbons (Fsp3) is 0.500. The monoisotopic (exact) mass is 368 g/mol. The van der Waals surface area contributed by atoms with E-state index >= 15 is 0 Å². The lowest BCUT2D eigenvalue weighted by atomic mass is 9.80. The molecule has 25 heavy (non-hydrogen) atoms. The average molecular weight is 369 g/mol. The number of rotatable bonds is 2. The van der Waals surface area contributed by atoms with E-state index in [1.54, 1.807) is 30.6 Å². The van der Waals surface area contributed by atoms with Gasteiger partial charge in [-0.2, -0.15) is 0 Å². The van der Waals surface area contributed by atoms with E-state index < -0.39 is 12.7 Å². The second-order valence-electron chi connectivity index (χ2n) is 6.87. The van der Waals surface area contributed by atoms with Crippen LogP contribution in [0, 0.1) is 0 Å². The average Bonchev–Trinajstić information content (AvgIpc) is 2.52. The minimum Gasteiger partial charge on any atom is -0.444 e. The third-order valence-electron chi connectivity index (χ3n) is 3.74. The third kappa shape index (κ3) is 5.10. The molecular weight excluding hydrogens is 346 g/mol. The van der Waals surface area contributed by atoms with E-state index in [9.17, 15) is 9.59 Å². The topological polar surface area (TPSA) is 90.3 Å². The Balaban J connectivity index is 1.99. The molecule has 0 saturated carbocycles. The number of halogens is 1. The molecule has 1 saturated heterocycles. The smallest absolute Gasteiger partial charge is 0.444 e. The largest absolute Gasteiger partial charge is 0.488 e. The van der Waals surface area contributed by atoms with Gasteiger partial charge < -0.3 is 24.6 Å². The molecule has 1 fully saturated rings. The Hall–Kier alpha value is -1.77. The lowest BCUT2D eigenvalue weighted by molar-refractivity contribution is 0.0141. The van der Waals surface area contributed by atoms with E-state index in [-0.39, 0.29) is 28.0 Å². The molecule has 0 aliphatic carbocycles. The molecule has 0 radical (unpaired) electrons. The van der Waals surface area contributed by atoms with E-state index in [1.807, 2.05) is 0 Å². The van der Waals surface area contributed by atoms with Crippen LogP contribution in [0.5, 0.6) is 0 Å². The van der Waals surface area contributed by atoms with Crippen LogP contribution in [0.1, 0.15) is 31.1 Å². The first-order valence-corrected chi connectivity index (χ1v) is 8.39. The second kappa shape index (κ2) is 7.64. The van der Waals surface area contributed by atoms with Crippen LogP contribution in [0.3, 0.4) is 0 Å². The van der Waals surface area contributed by atoms with Crippen molar-refractivity contribution in [2.75, 3.05) is 26.2 Å².